The van der Waals surface area contributed by atoms with E-state index < -0.39 is 0 Å². The van der Waals surface area contributed by atoms with Crippen molar-refractivity contribution in [2.24, 2.45) is 0 Å². The molecule has 8 nitrogen and oxygen atoms in total. The topological polar surface area (TPSA) is 87.4 Å². The van der Waals surface area contributed by atoms with Crippen molar-refractivity contribution in [3.63, 3.8) is 0 Å². The van der Waals surface area contributed by atoms with Crippen LogP contribution in [0.4, 0.5) is 10.1 Å². The Kier molecular flexibility index (Phi) is 5.08. The number of aryl methyl sites for hydroxylation is 2. The van der Waals surface area contributed by atoms with Gasteiger partial charge in [0.15, 0.2) is 11.5 Å². The van der Waals surface area contributed by atoms with E-state index in [0.29, 0.717) is 29.1 Å². The quantitative estimate of drug-likeness (QED) is 0.506. The SMILES string of the molecule is Cc1c2cnn(CC(=O)Nc3ccc4c(c3)OCO4)c(=O)c2c(C)n1Cc1ccc(F)cc1. The van der Waals surface area contributed by atoms with E-state index in [9.17, 15) is 14.0 Å². The van der Waals surface area contributed by atoms with Gasteiger partial charge < -0.3 is 19.4 Å². The Morgan fingerprint density at radius 2 is 1.85 bits per heavy atom. The van der Waals surface area contributed by atoms with Crippen molar-refractivity contribution in [3.05, 3.63) is 81.8 Å². The van der Waals surface area contributed by atoms with Gasteiger partial charge in [0.05, 0.1) is 11.6 Å². The molecule has 1 aliphatic rings. The number of aromatic nitrogens is 3. The highest BCUT2D eigenvalue weighted by Gasteiger charge is 2.18. The molecule has 0 spiro atoms. The minimum Gasteiger partial charge on any atom is -0.454 e. The van der Waals surface area contributed by atoms with Crippen LogP contribution in [0.5, 0.6) is 11.5 Å². The molecule has 0 radical (unpaired) electrons. The van der Waals surface area contributed by atoms with Crippen LogP contribution in [-0.2, 0) is 17.9 Å². The molecule has 0 saturated carbocycles. The standard InChI is InChI=1S/C24H21FN4O4/c1-14-19-10-26-29(12-22(30)27-18-7-8-20-21(9-18)33-13-32-20)24(31)23(19)15(2)28(14)11-16-3-5-17(25)6-4-16/h3-10H,11-13H2,1-2H3,(H,27,30). The number of anilines is 1. The number of rotatable bonds is 5. The Labute approximate surface area is 188 Å². The summed E-state index contributed by atoms with van der Waals surface area (Å²) < 4.78 is 27.0. The summed E-state index contributed by atoms with van der Waals surface area (Å²) in [5, 5.41) is 8.21. The number of carbonyl (C=O) groups is 1. The zero-order valence-electron chi connectivity index (χ0n) is 18.1. The van der Waals surface area contributed by atoms with Gasteiger partial charge in [-0.2, -0.15) is 5.10 Å². The maximum absolute atomic E-state index is 13.2. The molecule has 1 aliphatic heterocycles. The number of nitrogens with one attached hydrogen (secondary N) is 1. The molecule has 5 rings (SSSR count). The fourth-order valence-electron chi connectivity index (χ4n) is 4.08. The lowest BCUT2D eigenvalue weighted by molar-refractivity contribution is -0.117. The summed E-state index contributed by atoms with van der Waals surface area (Å²) >= 11 is 0. The van der Waals surface area contributed by atoms with E-state index in [0.717, 1.165) is 27.0 Å². The number of fused-ring (bicyclic) bond motifs is 2. The highest BCUT2D eigenvalue weighted by atomic mass is 19.1. The van der Waals surface area contributed by atoms with E-state index in [1.165, 1.54) is 12.1 Å². The molecule has 0 unspecified atom stereocenters. The number of halogens is 1. The summed E-state index contributed by atoms with van der Waals surface area (Å²) in [5.41, 5.74) is 2.76. The van der Waals surface area contributed by atoms with E-state index in [4.69, 9.17) is 9.47 Å². The van der Waals surface area contributed by atoms with E-state index in [2.05, 4.69) is 10.4 Å². The van der Waals surface area contributed by atoms with Crippen LogP contribution in [-0.4, -0.2) is 27.0 Å². The molecule has 0 saturated heterocycles. The molecular weight excluding hydrogens is 427 g/mol. The Morgan fingerprint density at radius 3 is 2.64 bits per heavy atom. The van der Waals surface area contributed by atoms with Crippen molar-refractivity contribution in [1.29, 1.82) is 0 Å². The molecule has 168 valence electrons. The summed E-state index contributed by atoms with van der Waals surface area (Å²) in [4.78, 5) is 25.8. The lowest BCUT2D eigenvalue weighted by Crippen LogP contribution is -2.29. The zero-order valence-corrected chi connectivity index (χ0v) is 18.1. The molecule has 1 N–H and O–H groups in total. The van der Waals surface area contributed by atoms with Crippen LogP contribution in [0, 0.1) is 19.7 Å². The van der Waals surface area contributed by atoms with Crippen molar-refractivity contribution in [2.75, 3.05) is 12.1 Å². The Bertz CT molecular complexity index is 1440. The molecule has 4 aromatic rings. The van der Waals surface area contributed by atoms with Crippen LogP contribution in [0.1, 0.15) is 17.0 Å². The first-order chi connectivity index (χ1) is 15.9. The highest BCUT2D eigenvalue weighted by Crippen LogP contribution is 2.34. The van der Waals surface area contributed by atoms with Crippen LogP contribution in [0.3, 0.4) is 0 Å². The number of ether oxygens (including phenoxy) is 2. The monoisotopic (exact) mass is 448 g/mol. The van der Waals surface area contributed by atoms with Gasteiger partial charge in [-0.1, -0.05) is 12.1 Å². The van der Waals surface area contributed by atoms with E-state index in [1.807, 2.05) is 18.4 Å². The Morgan fingerprint density at radius 1 is 1.09 bits per heavy atom. The molecule has 3 heterocycles. The summed E-state index contributed by atoms with van der Waals surface area (Å²) in [7, 11) is 0. The number of benzene rings is 2. The molecule has 0 aliphatic carbocycles. The number of hydrogen-bond donors (Lipinski definition) is 1. The molecule has 0 bridgehead atoms. The minimum atomic E-state index is -0.386. The van der Waals surface area contributed by atoms with Gasteiger partial charge in [-0.25, -0.2) is 9.07 Å². The summed E-state index contributed by atoms with van der Waals surface area (Å²) in [6.07, 6.45) is 1.61. The first-order valence-electron chi connectivity index (χ1n) is 10.4. The van der Waals surface area contributed by atoms with Gasteiger partial charge in [0.25, 0.3) is 5.56 Å². The van der Waals surface area contributed by atoms with Gasteiger partial charge in [-0.05, 0) is 43.7 Å². The van der Waals surface area contributed by atoms with Crippen molar-refractivity contribution < 1.29 is 18.7 Å². The van der Waals surface area contributed by atoms with Crippen molar-refractivity contribution in [1.82, 2.24) is 14.3 Å². The van der Waals surface area contributed by atoms with Crippen molar-refractivity contribution in [3.8, 4) is 11.5 Å². The molecule has 0 atom stereocenters. The summed E-state index contributed by atoms with van der Waals surface area (Å²) in [6.45, 7) is 4.18. The number of hydrogen-bond acceptors (Lipinski definition) is 5. The predicted molar refractivity (Wildman–Crippen MR) is 120 cm³/mol. The highest BCUT2D eigenvalue weighted by molar-refractivity contribution is 5.91. The van der Waals surface area contributed by atoms with Gasteiger partial charge in [-0.15, -0.1) is 0 Å². The Balaban J connectivity index is 1.40. The summed E-state index contributed by atoms with van der Waals surface area (Å²) in [6, 6.07) is 11.3. The molecule has 2 aromatic carbocycles. The van der Waals surface area contributed by atoms with Gasteiger partial charge in [0.2, 0.25) is 12.7 Å². The molecular formula is C24H21FN4O4. The number of amides is 1. The average Bonchev–Trinajstić information content (AvgIpc) is 3.35. The molecule has 9 heteroatoms. The fraction of sp³-hybridized carbons (Fsp3) is 0.208. The van der Waals surface area contributed by atoms with Gasteiger partial charge in [0.1, 0.15) is 12.4 Å². The first-order valence-corrected chi connectivity index (χ1v) is 10.4. The van der Waals surface area contributed by atoms with Gasteiger partial charge in [-0.3, -0.25) is 9.59 Å². The fourth-order valence-corrected chi connectivity index (χ4v) is 4.08. The maximum Gasteiger partial charge on any atom is 0.276 e. The van der Waals surface area contributed by atoms with Crippen LogP contribution < -0.4 is 20.3 Å². The predicted octanol–water partition coefficient (Wildman–Crippen LogP) is 3.37. The van der Waals surface area contributed by atoms with Gasteiger partial charge in [0, 0.05) is 35.1 Å². The third-order valence-electron chi connectivity index (χ3n) is 5.81. The lowest BCUT2D eigenvalue weighted by Gasteiger charge is -2.09. The molecule has 1 amide bonds. The van der Waals surface area contributed by atoms with E-state index in [-0.39, 0.29) is 30.6 Å². The zero-order chi connectivity index (χ0) is 23.1. The lowest BCUT2D eigenvalue weighted by atomic mass is 10.2. The summed E-state index contributed by atoms with van der Waals surface area (Å²) in [5.74, 6) is 0.490. The minimum absolute atomic E-state index is 0.144. The van der Waals surface area contributed by atoms with Crippen molar-refractivity contribution >= 4 is 22.4 Å². The molecule has 0 fully saturated rings. The molecule has 2 aromatic heterocycles. The van der Waals surface area contributed by atoms with Crippen LogP contribution in [0.25, 0.3) is 10.8 Å². The Hall–Kier alpha value is -4.14. The van der Waals surface area contributed by atoms with Crippen LogP contribution in [0.15, 0.2) is 53.5 Å². The first kappa shape index (κ1) is 20.7. The van der Waals surface area contributed by atoms with Crippen LogP contribution in [0.2, 0.25) is 0 Å². The normalized spacial score (nSPS) is 12.3. The number of carbonyl (C=O) groups excluding carboxylic acids is 1. The second-order valence-corrected chi connectivity index (χ2v) is 7.90. The third kappa shape index (κ3) is 3.82. The second kappa shape index (κ2) is 8.09. The second-order valence-electron chi connectivity index (χ2n) is 7.90. The van der Waals surface area contributed by atoms with Crippen molar-refractivity contribution in [2.45, 2.75) is 26.9 Å². The smallest absolute Gasteiger partial charge is 0.276 e. The van der Waals surface area contributed by atoms with E-state index >= 15 is 0 Å². The van der Waals surface area contributed by atoms with E-state index in [1.54, 1.807) is 36.5 Å². The molecule has 33 heavy (non-hydrogen) atoms. The maximum atomic E-state index is 13.2. The largest absolute Gasteiger partial charge is 0.454 e. The average molecular weight is 448 g/mol. The third-order valence-corrected chi connectivity index (χ3v) is 5.81. The van der Waals surface area contributed by atoms with Crippen LogP contribution >= 0.6 is 0 Å². The number of nitrogens with zero attached hydrogens (tertiary/aromatic N) is 3. The van der Waals surface area contributed by atoms with Gasteiger partial charge >= 0.3 is 0 Å².